The highest BCUT2D eigenvalue weighted by Gasteiger charge is 2.51. The summed E-state index contributed by atoms with van der Waals surface area (Å²) in [4.78, 5) is 12.2. The van der Waals surface area contributed by atoms with Gasteiger partial charge in [-0.25, -0.2) is 4.79 Å². The van der Waals surface area contributed by atoms with Crippen molar-refractivity contribution in [2.45, 2.75) is 39.4 Å². The van der Waals surface area contributed by atoms with Crippen LogP contribution in [-0.2, 0) is 0 Å². The van der Waals surface area contributed by atoms with Gasteiger partial charge in [0.2, 0.25) is 0 Å². The molecule has 0 aromatic heterocycles. The third kappa shape index (κ3) is 3.75. The first-order valence-electron chi connectivity index (χ1n) is 6.14. The minimum atomic E-state index is -4.35. The van der Waals surface area contributed by atoms with Crippen molar-refractivity contribution in [2.24, 2.45) is 17.3 Å². The van der Waals surface area contributed by atoms with Crippen molar-refractivity contribution < 1.29 is 28.2 Å². The van der Waals surface area contributed by atoms with E-state index < -0.39 is 48.6 Å². The van der Waals surface area contributed by atoms with Gasteiger partial charge >= 0.3 is 12.3 Å². The molecule has 1 aliphatic heterocycles. The Morgan fingerprint density at radius 2 is 1.84 bits per heavy atom. The Balaban J connectivity index is 3.03. The zero-order valence-electron chi connectivity index (χ0n) is 11.2. The molecule has 0 spiro atoms. The van der Waals surface area contributed by atoms with Crippen LogP contribution in [0.3, 0.4) is 0 Å². The fourth-order valence-electron chi connectivity index (χ4n) is 3.06. The minimum Gasteiger partial charge on any atom is -0.465 e. The van der Waals surface area contributed by atoms with Gasteiger partial charge in [-0.2, -0.15) is 13.2 Å². The van der Waals surface area contributed by atoms with Crippen molar-refractivity contribution in [3.8, 4) is 0 Å². The van der Waals surface area contributed by atoms with Crippen LogP contribution >= 0.6 is 0 Å². The minimum absolute atomic E-state index is 0.179. The standard InChI is InChI=1S/C12H20F3NO3/c1-11(2,3)9-8(6-17)7(4-12(13,14)15)5-16(9)10(18)19/h7-9,17H,4-6H2,1-3H3,(H,18,19). The van der Waals surface area contributed by atoms with Crippen LogP contribution in [0, 0.1) is 17.3 Å². The predicted molar refractivity (Wildman–Crippen MR) is 62.7 cm³/mol. The lowest BCUT2D eigenvalue weighted by atomic mass is 9.76. The van der Waals surface area contributed by atoms with Crippen molar-refractivity contribution >= 4 is 6.09 Å². The maximum atomic E-state index is 12.5. The highest BCUT2D eigenvalue weighted by Crippen LogP contribution is 2.43. The Kier molecular flexibility index (Phi) is 4.39. The number of halogens is 3. The van der Waals surface area contributed by atoms with Crippen molar-refractivity contribution in [1.82, 2.24) is 4.90 Å². The highest BCUT2D eigenvalue weighted by atomic mass is 19.4. The summed E-state index contributed by atoms with van der Waals surface area (Å²) in [6.07, 6.45) is -6.65. The average Bonchev–Trinajstić information content (AvgIpc) is 2.53. The number of carbonyl (C=O) groups is 1. The molecule has 4 nitrogen and oxygen atoms in total. The highest BCUT2D eigenvalue weighted by molar-refractivity contribution is 5.66. The first-order valence-corrected chi connectivity index (χ1v) is 6.14. The first-order chi connectivity index (χ1) is 8.47. The normalized spacial score (nSPS) is 28.8. The van der Waals surface area contributed by atoms with E-state index in [-0.39, 0.29) is 6.54 Å². The van der Waals surface area contributed by atoms with Gasteiger partial charge in [0, 0.05) is 31.5 Å². The molecule has 0 bridgehead atoms. The molecule has 1 saturated heterocycles. The van der Waals surface area contributed by atoms with Gasteiger partial charge in [-0.05, 0) is 11.3 Å². The number of hydrogen-bond donors (Lipinski definition) is 2. The number of carboxylic acid groups (broad SMARTS) is 1. The number of rotatable bonds is 2. The van der Waals surface area contributed by atoms with Crippen molar-refractivity contribution in [2.75, 3.05) is 13.2 Å². The third-order valence-electron chi connectivity index (χ3n) is 3.62. The summed E-state index contributed by atoms with van der Waals surface area (Å²) in [6, 6.07) is -0.609. The second kappa shape index (κ2) is 5.19. The Hall–Kier alpha value is -0.980. The van der Waals surface area contributed by atoms with E-state index in [1.807, 2.05) is 0 Å². The molecule has 0 aliphatic carbocycles. The lowest BCUT2D eigenvalue weighted by Gasteiger charge is -2.37. The smallest absolute Gasteiger partial charge is 0.407 e. The number of nitrogens with zero attached hydrogens (tertiary/aromatic N) is 1. The summed E-state index contributed by atoms with van der Waals surface area (Å²) in [5, 5.41) is 18.5. The number of aliphatic hydroxyl groups is 1. The largest absolute Gasteiger partial charge is 0.465 e. The van der Waals surface area contributed by atoms with Crippen LogP contribution in [0.2, 0.25) is 0 Å². The Bertz CT molecular complexity index is 338. The van der Waals surface area contributed by atoms with E-state index in [0.717, 1.165) is 4.90 Å². The van der Waals surface area contributed by atoms with Gasteiger partial charge in [0.15, 0.2) is 0 Å². The Morgan fingerprint density at radius 1 is 1.32 bits per heavy atom. The molecule has 7 heteroatoms. The van der Waals surface area contributed by atoms with Gasteiger partial charge < -0.3 is 15.1 Å². The van der Waals surface area contributed by atoms with E-state index in [0.29, 0.717) is 0 Å². The van der Waals surface area contributed by atoms with E-state index >= 15 is 0 Å². The van der Waals surface area contributed by atoms with E-state index in [2.05, 4.69) is 0 Å². The molecule has 0 aromatic rings. The van der Waals surface area contributed by atoms with Gasteiger partial charge in [-0.3, -0.25) is 0 Å². The molecule has 1 fully saturated rings. The first kappa shape index (κ1) is 16.1. The van der Waals surface area contributed by atoms with Crippen molar-refractivity contribution in [1.29, 1.82) is 0 Å². The number of likely N-dealkylation sites (tertiary alicyclic amines) is 1. The molecule has 0 aromatic carbocycles. The molecule has 3 unspecified atom stereocenters. The SMILES string of the molecule is CC(C)(C)C1C(CO)C(CC(F)(F)F)CN1C(=O)O. The molecule has 3 atom stereocenters. The van der Waals surface area contributed by atoms with Gasteiger partial charge in [-0.1, -0.05) is 20.8 Å². The van der Waals surface area contributed by atoms with Crippen molar-refractivity contribution in [3.63, 3.8) is 0 Å². The number of alkyl halides is 3. The molecule has 1 rings (SSSR count). The summed E-state index contributed by atoms with van der Waals surface area (Å²) in [6.45, 7) is 4.69. The Labute approximate surface area is 110 Å². The van der Waals surface area contributed by atoms with E-state index in [4.69, 9.17) is 5.11 Å². The van der Waals surface area contributed by atoms with Crippen LogP contribution in [-0.4, -0.2) is 46.6 Å². The summed E-state index contributed by atoms with van der Waals surface area (Å²) < 4.78 is 37.6. The van der Waals surface area contributed by atoms with Crippen LogP contribution in [0.15, 0.2) is 0 Å². The molecule has 2 N–H and O–H groups in total. The monoisotopic (exact) mass is 283 g/mol. The second-order valence-electron chi connectivity index (χ2n) is 6.17. The molecule has 19 heavy (non-hydrogen) atoms. The third-order valence-corrected chi connectivity index (χ3v) is 3.62. The van der Waals surface area contributed by atoms with Gasteiger partial charge in [0.05, 0.1) is 0 Å². The van der Waals surface area contributed by atoms with Gasteiger partial charge in [0.25, 0.3) is 0 Å². The maximum absolute atomic E-state index is 12.5. The quantitative estimate of drug-likeness (QED) is 0.818. The van der Waals surface area contributed by atoms with E-state index in [1.54, 1.807) is 20.8 Å². The second-order valence-corrected chi connectivity index (χ2v) is 6.17. The summed E-state index contributed by atoms with van der Waals surface area (Å²) in [5.74, 6) is -1.57. The van der Waals surface area contributed by atoms with Crippen molar-refractivity contribution in [3.05, 3.63) is 0 Å². The lowest BCUT2D eigenvalue weighted by molar-refractivity contribution is -0.147. The fraction of sp³-hybridized carbons (Fsp3) is 0.917. The zero-order valence-corrected chi connectivity index (χ0v) is 11.2. The summed E-state index contributed by atoms with van der Waals surface area (Å²) in [7, 11) is 0. The predicted octanol–water partition coefficient (Wildman–Crippen LogP) is 2.57. The maximum Gasteiger partial charge on any atom is 0.407 e. The molecular formula is C12H20F3NO3. The van der Waals surface area contributed by atoms with Crippen LogP contribution in [0.1, 0.15) is 27.2 Å². The van der Waals surface area contributed by atoms with Crippen LogP contribution in [0.4, 0.5) is 18.0 Å². The fourth-order valence-corrected chi connectivity index (χ4v) is 3.06. The average molecular weight is 283 g/mol. The van der Waals surface area contributed by atoms with Crippen LogP contribution in [0.5, 0.6) is 0 Å². The molecule has 1 heterocycles. The van der Waals surface area contributed by atoms with Crippen LogP contribution in [0.25, 0.3) is 0 Å². The van der Waals surface area contributed by atoms with E-state index in [1.165, 1.54) is 0 Å². The van der Waals surface area contributed by atoms with Gasteiger partial charge in [0.1, 0.15) is 0 Å². The molecule has 1 amide bonds. The molecule has 1 aliphatic rings. The molecule has 0 radical (unpaired) electrons. The van der Waals surface area contributed by atoms with Crippen LogP contribution < -0.4 is 0 Å². The number of aliphatic hydroxyl groups excluding tert-OH is 1. The number of amides is 1. The van der Waals surface area contributed by atoms with E-state index in [9.17, 15) is 23.1 Å². The zero-order chi connectivity index (χ0) is 15.0. The summed E-state index contributed by atoms with van der Waals surface area (Å²) in [5.41, 5.74) is -0.522. The summed E-state index contributed by atoms with van der Waals surface area (Å²) >= 11 is 0. The molecule has 112 valence electrons. The number of hydrogen-bond acceptors (Lipinski definition) is 2. The molecule has 0 saturated carbocycles. The van der Waals surface area contributed by atoms with Gasteiger partial charge in [-0.15, -0.1) is 0 Å². The molecular weight excluding hydrogens is 263 g/mol. The topological polar surface area (TPSA) is 60.8 Å². The lowest BCUT2D eigenvalue weighted by Crippen LogP contribution is -2.46. The Morgan fingerprint density at radius 3 is 2.16 bits per heavy atom.